The van der Waals surface area contributed by atoms with Crippen LogP contribution in [0.25, 0.3) is 0 Å². The molecule has 1 saturated carbocycles. The van der Waals surface area contributed by atoms with Gasteiger partial charge >= 0.3 is 0 Å². The number of aliphatic hydroxyl groups is 1. The number of aliphatic hydroxyl groups excluding tert-OH is 1. The van der Waals surface area contributed by atoms with E-state index < -0.39 is 0 Å². The average Bonchev–Trinajstić information content (AvgIpc) is 3.02. The molecule has 2 N–H and O–H groups in total. The highest BCUT2D eigenvalue weighted by molar-refractivity contribution is 6.31. The van der Waals surface area contributed by atoms with E-state index in [0.717, 1.165) is 18.4 Å². The molecule has 0 saturated heterocycles. The Kier molecular flexibility index (Phi) is 2.91. The Morgan fingerprint density at radius 3 is 2.75 bits per heavy atom. The van der Waals surface area contributed by atoms with E-state index in [1.807, 2.05) is 13.0 Å². The van der Waals surface area contributed by atoms with Gasteiger partial charge in [-0.3, -0.25) is 4.79 Å². The van der Waals surface area contributed by atoms with Crippen molar-refractivity contribution in [2.45, 2.75) is 25.3 Å². The van der Waals surface area contributed by atoms with Crippen LogP contribution in [0, 0.1) is 6.92 Å². The van der Waals surface area contributed by atoms with Crippen molar-refractivity contribution in [3.8, 4) is 0 Å². The van der Waals surface area contributed by atoms with Crippen LogP contribution >= 0.6 is 11.6 Å². The number of nitrogens with one attached hydrogen (secondary N) is 1. The molecule has 3 nitrogen and oxygen atoms in total. The first kappa shape index (κ1) is 11.4. The Hall–Kier alpha value is -1.06. The van der Waals surface area contributed by atoms with Crippen LogP contribution in [0.5, 0.6) is 0 Å². The Labute approximate surface area is 99.4 Å². The predicted octanol–water partition coefficient (Wildman–Crippen LogP) is 1.90. The average molecular weight is 240 g/mol. The fourth-order valence-corrected chi connectivity index (χ4v) is 1.70. The minimum atomic E-state index is -0.381. The molecule has 2 rings (SSSR count). The molecule has 86 valence electrons. The molecule has 16 heavy (non-hydrogen) atoms. The van der Waals surface area contributed by atoms with E-state index in [1.165, 1.54) is 0 Å². The van der Waals surface area contributed by atoms with E-state index in [4.69, 9.17) is 16.7 Å². The van der Waals surface area contributed by atoms with Gasteiger partial charge in [0.1, 0.15) is 0 Å². The zero-order valence-corrected chi connectivity index (χ0v) is 9.84. The van der Waals surface area contributed by atoms with Gasteiger partial charge in [-0.05, 0) is 37.5 Å². The van der Waals surface area contributed by atoms with Gasteiger partial charge in [-0.1, -0.05) is 17.7 Å². The fourth-order valence-electron chi connectivity index (χ4n) is 1.52. The summed E-state index contributed by atoms with van der Waals surface area (Å²) in [5, 5.41) is 12.5. The molecule has 0 aliphatic heterocycles. The highest BCUT2D eigenvalue weighted by atomic mass is 35.5. The van der Waals surface area contributed by atoms with Crippen molar-refractivity contribution >= 4 is 17.5 Å². The molecule has 0 atom stereocenters. The normalized spacial score (nSPS) is 16.9. The first-order valence-corrected chi connectivity index (χ1v) is 5.64. The Balaban J connectivity index is 2.12. The van der Waals surface area contributed by atoms with E-state index in [9.17, 15) is 4.79 Å². The number of carbonyl (C=O) groups is 1. The Morgan fingerprint density at radius 2 is 2.25 bits per heavy atom. The SMILES string of the molecule is Cc1ccc(C(=O)NC2(CO)CC2)cc1Cl. The van der Waals surface area contributed by atoms with Crippen LogP contribution in [-0.2, 0) is 0 Å². The summed E-state index contributed by atoms with van der Waals surface area (Å²) >= 11 is 5.95. The minimum Gasteiger partial charge on any atom is -0.394 e. The van der Waals surface area contributed by atoms with Crippen molar-refractivity contribution in [2.24, 2.45) is 0 Å². The van der Waals surface area contributed by atoms with Gasteiger partial charge in [0.25, 0.3) is 5.91 Å². The second-order valence-electron chi connectivity index (χ2n) is 4.36. The predicted molar refractivity (Wildman–Crippen MR) is 62.7 cm³/mol. The Bertz CT molecular complexity index is 427. The maximum atomic E-state index is 11.8. The van der Waals surface area contributed by atoms with Gasteiger partial charge in [0.2, 0.25) is 0 Å². The van der Waals surface area contributed by atoms with Crippen molar-refractivity contribution in [1.82, 2.24) is 5.32 Å². The summed E-state index contributed by atoms with van der Waals surface area (Å²) in [5.41, 5.74) is 1.10. The van der Waals surface area contributed by atoms with Crippen LogP contribution in [0.3, 0.4) is 0 Å². The second-order valence-corrected chi connectivity index (χ2v) is 4.76. The van der Waals surface area contributed by atoms with Crippen molar-refractivity contribution in [3.05, 3.63) is 34.3 Å². The van der Waals surface area contributed by atoms with Crippen molar-refractivity contribution in [1.29, 1.82) is 0 Å². The van der Waals surface area contributed by atoms with E-state index in [2.05, 4.69) is 5.32 Å². The largest absolute Gasteiger partial charge is 0.394 e. The molecule has 1 aliphatic carbocycles. The van der Waals surface area contributed by atoms with Gasteiger partial charge in [0, 0.05) is 10.6 Å². The lowest BCUT2D eigenvalue weighted by atomic mass is 10.1. The van der Waals surface area contributed by atoms with Crippen molar-refractivity contribution in [3.63, 3.8) is 0 Å². The third-order valence-corrected chi connectivity index (χ3v) is 3.38. The van der Waals surface area contributed by atoms with Gasteiger partial charge in [-0.25, -0.2) is 0 Å². The maximum absolute atomic E-state index is 11.8. The van der Waals surface area contributed by atoms with Gasteiger partial charge < -0.3 is 10.4 Å². The van der Waals surface area contributed by atoms with Gasteiger partial charge in [0.15, 0.2) is 0 Å². The molecular weight excluding hydrogens is 226 g/mol. The molecule has 0 bridgehead atoms. The summed E-state index contributed by atoms with van der Waals surface area (Å²) in [4.78, 5) is 11.8. The minimum absolute atomic E-state index is 0.00165. The maximum Gasteiger partial charge on any atom is 0.251 e. The molecule has 4 heteroatoms. The number of hydrogen-bond donors (Lipinski definition) is 2. The van der Waals surface area contributed by atoms with Gasteiger partial charge in [0.05, 0.1) is 12.1 Å². The lowest BCUT2D eigenvalue weighted by Crippen LogP contribution is -2.39. The number of amides is 1. The smallest absolute Gasteiger partial charge is 0.251 e. The monoisotopic (exact) mass is 239 g/mol. The number of hydrogen-bond acceptors (Lipinski definition) is 2. The summed E-state index contributed by atoms with van der Waals surface area (Å²) in [6.45, 7) is 1.89. The van der Waals surface area contributed by atoms with Crippen LogP contribution in [0.2, 0.25) is 5.02 Å². The van der Waals surface area contributed by atoms with Crippen LogP contribution < -0.4 is 5.32 Å². The molecule has 0 heterocycles. The lowest BCUT2D eigenvalue weighted by Gasteiger charge is -2.14. The highest BCUT2D eigenvalue weighted by Gasteiger charge is 2.43. The van der Waals surface area contributed by atoms with Crippen LogP contribution in [-0.4, -0.2) is 23.2 Å². The number of aryl methyl sites for hydroxylation is 1. The number of rotatable bonds is 3. The molecule has 1 aromatic carbocycles. The lowest BCUT2D eigenvalue weighted by molar-refractivity contribution is 0.0907. The molecule has 0 aromatic heterocycles. The summed E-state index contributed by atoms with van der Waals surface area (Å²) < 4.78 is 0. The summed E-state index contributed by atoms with van der Waals surface area (Å²) in [6, 6.07) is 5.21. The molecule has 0 unspecified atom stereocenters. The molecule has 1 amide bonds. The number of halogens is 1. The van der Waals surface area contributed by atoms with E-state index in [1.54, 1.807) is 12.1 Å². The zero-order chi connectivity index (χ0) is 11.8. The Morgan fingerprint density at radius 1 is 1.56 bits per heavy atom. The number of benzene rings is 1. The fraction of sp³-hybridized carbons (Fsp3) is 0.417. The standard InChI is InChI=1S/C12H14ClNO2/c1-8-2-3-9(6-10(8)13)11(16)14-12(7-15)4-5-12/h2-3,6,15H,4-5,7H2,1H3,(H,14,16). The highest BCUT2D eigenvalue weighted by Crippen LogP contribution is 2.34. The summed E-state index contributed by atoms with van der Waals surface area (Å²) in [7, 11) is 0. The van der Waals surface area contributed by atoms with Gasteiger partial charge in [-0.2, -0.15) is 0 Å². The third kappa shape index (κ3) is 2.20. The first-order valence-electron chi connectivity index (χ1n) is 5.26. The summed E-state index contributed by atoms with van der Waals surface area (Å²) in [5.74, 6) is -0.173. The van der Waals surface area contributed by atoms with E-state index in [0.29, 0.717) is 10.6 Å². The van der Waals surface area contributed by atoms with Crippen LogP contribution in [0.1, 0.15) is 28.8 Å². The van der Waals surface area contributed by atoms with Crippen molar-refractivity contribution < 1.29 is 9.90 Å². The van der Waals surface area contributed by atoms with Crippen LogP contribution in [0.4, 0.5) is 0 Å². The quantitative estimate of drug-likeness (QED) is 0.847. The molecule has 1 aliphatic rings. The first-order chi connectivity index (χ1) is 7.56. The van der Waals surface area contributed by atoms with Gasteiger partial charge in [-0.15, -0.1) is 0 Å². The third-order valence-electron chi connectivity index (χ3n) is 2.97. The molecule has 1 fully saturated rings. The molecular formula is C12H14ClNO2. The zero-order valence-electron chi connectivity index (χ0n) is 9.09. The second kappa shape index (κ2) is 4.07. The van der Waals surface area contributed by atoms with Crippen molar-refractivity contribution in [2.75, 3.05) is 6.61 Å². The van der Waals surface area contributed by atoms with E-state index >= 15 is 0 Å². The molecule has 0 radical (unpaired) electrons. The van der Waals surface area contributed by atoms with Crippen LogP contribution in [0.15, 0.2) is 18.2 Å². The molecule has 0 spiro atoms. The number of carbonyl (C=O) groups excluding carboxylic acids is 1. The molecule has 1 aromatic rings. The topological polar surface area (TPSA) is 49.3 Å². The van der Waals surface area contributed by atoms with E-state index in [-0.39, 0.29) is 18.1 Å². The summed E-state index contributed by atoms with van der Waals surface area (Å²) in [6.07, 6.45) is 1.68.